The fourth-order valence-corrected chi connectivity index (χ4v) is 11.6. The molecule has 2 amide bonds. The van der Waals surface area contributed by atoms with Crippen molar-refractivity contribution in [1.82, 2.24) is 4.90 Å². The van der Waals surface area contributed by atoms with Gasteiger partial charge in [0.2, 0.25) is 5.91 Å². The number of aliphatic hydroxyl groups excluding tert-OH is 1. The molecule has 0 radical (unpaired) electrons. The minimum absolute atomic E-state index is 0.0428. The van der Waals surface area contributed by atoms with Crippen molar-refractivity contribution >= 4 is 33.6 Å². The van der Waals surface area contributed by atoms with E-state index in [1.807, 2.05) is 24.3 Å². The summed E-state index contributed by atoms with van der Waals surface area (Å²) in [4.78, 5) is 29.6. The van der Waals surface area contributed by atoms with E-state index in [0.29, 0.717) is 0 Å². The van der Waals surface area contributed by atoms with Gasteiger partial charge in [0, 0.05) is 0 Å². The Bertz CT molecular complexity index is 1190. The molecule has 0 unspecified atom stereocenters. The van der Waals surface area contributed by atoms with Crippen LogP contribution in [0.4, 0.5) is 4.79 Å². The molecule has 2 aliphatic rings. The van der Waals surface area contributed by atoms with E-state index in [2.05, 4.69) is 66.0 Å². The van der Waals surface area contributed by atoms with Crippen LogP contribution in [0.15, 0.2) is 42.5 Å². The number of imide groups is 1. The molecule has 0 saturated carbocycles. The zero-order chi connectivity index (χ0) is 35.2. The zero-order valence-electron chi connectivity index (χ0n) is 31.3. The minimum Gasteiger partial charge on any atom is -0.443 e. The Morgan fingerprint density at radius 1 is 0.979 bits per heavy atom. The van der Waals surface area contributed by atoms with Gasteiger partial charge in [-0.25, -0.2) is 9.69 Å². The van der Waals surface area contributed by atoms with Crippen LogP contribution in [0.5, 0.6) is 0 Å². The van der Waals surface area contributed by atoms with Crippen LogP contribution in [0, 0.1) is 5.92 Å². The molecule has 1 aromatic carbocycles. The van der Waals surface area contributed by atoms with E-state index in [0.717, 1.165) is 12.8 Å². The highest BCUT2D eigenvalue weighted by Crippen LogP contribution is 2.47. The molecule has 6 atom stereocenters. The molecule has 9 heteroatoms. The standard InChI is InChI=1S/C38H65NO6Si2/c1-12-13-14-15-16-17-21-24-31-32(44-31)26-25-30(40)33-34(46(8,9)28-22-19-18-20-23-28)29(27-43-47(10,11)38(5,6)7)39(35(33)41)36(42)45-37(2,3)4/h18-20,22-23,25-26,29-34,40H,12-17,21,24,27H2,1-11H3/b26-25+/t29-,30-,31+,32+,33+,34-/m1/s1. The number of epoxide rings is 1. The fraction of sp³-hybridized carbons (Fsp3) is 0.737. The van der Waals surface area contributed by atoms with Gasteiger partial charge in [0.25, 0.3) is 0 Å². The lowest BCUT2D eigenvalue weighted by molar-refractivity contribution is -0.133. The summed E-state index contributed by atoms with van der Waals surface area (Å²) in [6.45, 7) is 23.3. The normalized spacial score (nSPS) is 24.6. The molecule has 7 nitrogen and oxygen atoms in total. The number of unbranched alkanes of at least 4 members (excludes halogenated alkanes) is 6. The molecule has 2 fully saturated rings. The monoisotopic (exact) mass is 687 g/mol. The first-order valence-electron chi connectivity index (χ1n) is 18.1. The van der Waals surface area contributed by atoms with E-state index in [1.165, 1.54) is 48.6 Å². The number of aliphatic hydroxyl groups is 1. The highest BCUT2D eigenvalue weighted by atomic mass is 28.4. The summed E-state index contributed by atoms with van der Waals surface area (Å²) in [5, 5.41) is 13.0. The number of nitrogens with zero attached hydrogens (tertiary/aromatic N) is 1. The Balaban J connectivity index is 1.89. The van der Waals surface area contributed by atoms with Gasteiger partial charge in [-0.05, 0) is 50.9 Å². The van der Waals surface area contributed by atoms with E-state index in [1.54, 1.807) is 26.8 Å². The fourth-order valence-electron chi connectivity index (χ4n) is 6.65. The average molecular weight is 688 g/mol. The molecule has 2 saturated heterocycles. The largest absolute Gasteiger partial charge is 0.443 e. The van der Waals surface area contributed by atoms with Crippen molar-refractivity contribution in [2.24, 2.45) is 5.92 Å². The molecule has 0 aromatic heterocycles. The van der Waals surface area contributed by atoms with Gasteiger partial charge in [0.1, 0.15) is 11.7 Å². The van der Waals surface area contributed by atoms with Crippen LogP contribution in [0.1, 0.15) is 99.8 Å². The van der Waals surface area contributed by atoms with Crippen molar-refractivity contribution in [1.29, 1.82) is 0 Å². The second-order valence-electron chi connectivity index (χ2n) is 16.9. The molecule has 2 heterocycles. The van der Waals surface area contributed by atoms with Crippen LogP contribution in [0.25, 0.3) is 0 Å². The summed E-state index contributed by atoms with van der Waals surface area (Å²) in [7, 11) is -4.76. The predicted molar refractivity (Wildman–Crippen MR) is 197 cm³/mol. The molecule has 266 valence electrons. The molecule has 1 N–H and O–H groups in total. The van der Waals surface area contributed by atoms with E-state index >= 15 is 0 Å². The lowest BCUT2D eigenvalue weighted by atomic mass is 9.96. The third-order valence-corrected chi connectivity index (χ3v) is 19.3. The summed E-state index contributed by atoms with van der Waals surface area (Å²) in [5.74, 6) is -1.20. The van der Waals surface area contributed by atoms with Gasteiger partial charge in [0.15, 0.2) is 8.32 Å². The van der Waals surface area contributed by atoms with Gasteiger partial charge in [-0.15, -0.1) is 0 Å². The molecule has 0 spiro atoms. The maximum atomic E-state index is 14.5. The molecular weight excluding hydrogens is 623 g/mol. The molecular formula is C38H65NO6Si2. The van der Waals surface area contributed by atoms with Crippen molar-refractivity contribution in [2.75, 3.05) is 6.61 Å². The molecule has 47 heavy (non-hydrogen) atoms. The van der Waals surface area contributed by atoms with Crippen LogP contribution >= 0.6 is 0 Å². The summed E-state index contributed by atoms with van der Waals surface area (Å²) >= 11 is 0. The lowest BCUT2D eigenvalue weighted by Crippen LogP contribution is -2.55. The molecule has 0 aliphatic carbocycles. The Morgan fingerprint density at radius 3 is 2.15 bits per heavy atom. The summed E-state index contributed by atoms with van der Waals surface area (Å²) < 4.78 is 18.5. The number of benzene rings is 1. The van der Waals surface area contributed by atoms with Crippen LogP contribution in [-0.2, 0) is 18.7 Å². The van der Waals surface area contributed by atoms with Crippen LogP contribution in [0.2, 0.25) is 36.8 Å². The topological polar surface area (TPSA) is 88.6 Å². The van der Waals surface area contributed by atoms with Crippen molar-refractivity contribution < 1.29 is 28.6 Å². The van der Waals surface area contributed by atoms with Crippen molar-refractivity contribution in [3.8, 4) is 0 Å². The molecule has 1 aromatic rings. The van der Waals surface area contributed by atoms with Gasteiger partial charge in [-0.1, -0.05) is 133 Å². The van der Waals surface area contributed by atoms with E-state index in [4.69, 9.17) is 13.9 Å². The van der Waals surface area contributed by atoms with Gasteiger partial charge in [-0.2, -0.15) is 0 Å². The number of ether oxygens (including phenoxy) is 2. The number of carbonyl (C=O) groups excluding carboxylic acids is 2. The van der Waals surface area contributed by atoms with Crippen molar-refractivity contribution in [3.63, 3.8) is 0 Å². The predicted octanol–water partition coefficient (Wildman–Crippen LogP) is 8.58. The second kappa shape index (κ2) is 16.3. The van der Waals surface area contributed by atoms with E-state index < -0.39 is 52.1 Å². The first-order chi connectivity index (χ1) is 21.8. The number of carbonyl (C=O) groups is 2. The Morgan fingerprint density at radius 2 is 1.57 bits per heavy atom. The molecule has 3 rings (SSSR count). The SMILES string of the molecule is CCCCCCCCC[C@@H]1O[C@H]1/C=C/[C@@H](O)[C@@H]1C(=O)N(C(=O)OC(C)(C)C)[C@H](CO[Si](C)(C)C(C)(C)C)[C@H]1[Si](C)(C)c1ccccc1. The Hall–Kier alpha value is -1.79. The average Bonchev–Trinajstić information content (AvgIpc) is 3.65. The first kappa shape index (κ1) is 39.7. The highest BCUT2D eigenvalue weighted by molar-refractivity contribution is 6.91. The van der Waals surface area contributed by atoms with Crippen LogP contribution in [0.3, 0.4) is 0 Å². The Kier molecular flexibility index (Phi) is 13.7. The first-order valence-corrected chi connectivity index (χ1v) is 24.1. The number of amides is 2. The maximum Gasteiger partial charge on any atom is 0.417 e. The lowest BCUT2D eigenvalue weighted by Gasteiger charge is -2.41. The van der Waals surface area contributed by atoms with Gasteiger partial charge >= 0.3 is 6.09 Å². The smallest absolute Gasteiger partial charge is 0.417 e. The molecule has 0 bridgehead atoms. The van der Waals surface area contributed by atoms with Gasteiger partial charge in [-0.3, -0.25) is 4.79 Å². The summed E-state index contributed by atoms with van der Waals surface area (Å²) in [6.07, 6.45) is 11.9. The quantitative estimate of drug-likeness (QED) is 0.0811. The van der Waals surface area contributed by atoms with Crippen molar-refractivity contribution in [3.05, 3.63) is 42.5 Å². The highest BCUT2D eigenvalue weighted by Gasteiger charge is 2.60. The third kappa shape index (κ3) is 10.6. The van der Waals surface area contributed by atoms with Crippen LogP contribution in [-0.4, -0.2) is 75.0 Å². The minimum atomic E-state index is -2.51. The third-order valence-electron chi connectivity index (χ3n) is 10.6. The maximum absolute atomic E-state index is 14.5. The van der Waals surface area contributed by atoms with E-state index in [9.17, 15) is 14.7 Å². The number of rotatable bonds is 16. The Labute approximate surface area is 288 Å². The molecule has 2 aliphatic heterocycles. The number of hydrogen-bond donors (Lipinski definition) is 1. The number of hydrogen-bond acceptors (Lipinski definition) is 6. The van der Waals surface area contributed by atoms with Crippen molar-refractivity contribution in [2.45, 2.75) is 167 Å². The second-order valence-corrected chi connectivity index (χ2v) is 26.4. The van der Waals surface area contributed by atoms with Gasteiger partial charge < -0.3 is 19.0 Å². The van der Waals surface area contributed by atoms with Crippen LogP contribution < -0.4 is 5.19 Å². The van der Waals surface area contributed by atoms with Gasteiger partial charge in [0.05, 0.1) is 38.8 Å². The zero-order valence-corrected chi connectivity index (χ0v) is 33.3. The summed E-state index contributed by atoms with van der Waals surface area (Å²) in [6, 6.07) is 9.70. The number of likely N-dealkylation sites (tertiary alicyclic amines) is 1. The summed E-state index contributed by atoms with van der Waals surface area (Å²) in [5.41, 5.74) is -1.09. The van der Waals surface area contributed by atoms with E-state index in [-0.39, 0.29) is 29.4 Å².